The van der Waals surface area contributed by atoms with Crippen molar-refractivity contribution in [3.05, 3.63) is 50.4 Å². The van der Waals surface area contributed by atoms with Gasteiger partial charge in [0.25, 0.3) is 0 Å². The molecule has 0 aliphatic heterocycles. The van der Waals surface area contributed by atoms with E-state index < -0.39 is 0 Å². The Hall–Kier alpha value is -2.17. The van der Waals surface area contributed by atoms with Gasteiger partial charge in [0, 0.05) is 37.2 Å². The highest BCUT2D eigenvalue weighted by molar-refractivity contribution is 5.78. The number of carbonyl (C=O) groups is 1. The van der Waals surface area contributed by atoms with Gasteiger partial charge in [-0.1, -0.05) is 13.2 Å². The highest BCUT2D eigenvalue weighted by Crippen LogP contribution is 2.01. The third-order valence-electron chi connectivity index (χ3n) is 1.33. The van der Waals surface area contributed by atoms with E-state index in [-0.39, 0.29) is 6.03 Å². The predicted octanol–water partition coefficient (Wildman–Crippen LogP) is 0.857. The second-order valence-electron chi connectivity index (χ2n) is 2.15. The lowest BCUT2D eigenvalue weighted by atomic mass is 10.6. The molecule has 14 heavy (non-hydrogen) atoms. The summed E-state index contributed by atoms with van der Waals surface area (Å²) in [4.78, 5) is 14.0. The molecule has 76 valence electrons. The Kier molecular flexibility index (Phi) is 5.37. The van der Waals surface area contributed by atoms with Crippen molar-refractivity contribution in [2.24, 2.45) is 11.5 Å². The molecule has 0 bridgehead atoms. The fourth-order valence-corrected chi connectivity index (χ4v) is 0.724. The first-order valence-electron chi connectivity index (χ1n) is 3.83. The molecule has 0 saturated carbocycles. The SMILES string of the molecule is C=CN(/C=C\N)C(=O)N(C=C)/C=C\N. The van der Waals surface area contributed by atoms with Crippen LogP contribution in [0.15, 0.2) is 50.4 Å². The van der Waals surface area contributed by atoms with Crippen LogP contribution in [0.5, 0.6) is 0 Å². The highest BCUT2D eigenvalue weighted by Gasteiger charge is 2.11. The van der Waals surface area contributed by atoms with E-state index >= 15 is 0 Å². The summed E-state index contributed by atoms with van der Waals surface area (Å²) < 4.78 is 0. The molecule has 0 atom stereocenters. The van der Waals surface area contributed by atoms with Gasteiger partial charge in [0.05, 0.1) is 0 Å². The first kappa shape index (κ1) is 11.8. The molecule has 4 N–H and O–H groups in total. The van der Waals surface area contributed by atoms with Crippen molar-refractivity contribution >= 4 is 6.03 Å². The summed E-state index contributed by atoms with van der Waals surface area (Å²) in [5, 5.41) is 0. The summed E-state index contributed by atoms with van der Waals surface area (Å²) in [5.41, 5.74) is 10.3. The van der Waals surface area contributed by atoms with Crippen LogP contribution in [0, 0.1) is 0 Å². The minimum atomic E-state index is -0.376. The van der Waals surface area contributed by atoms with Crippen LogP contribution >= 0.6 is 0 Å². The summed E-state index contributed by atoms with van der Waals surface area (Å²) >= 11 is 0. The van der Waals surface area contributed by atoms with Crippen LogP contribution in [-0.4, -0.2) is 15.8 Å². The Morgan fingerprint density at radius 3 is 1.57 bits per heavy atom. The third kappa shape index (κ3) is 3.06. The van der Waals surface area contributed by atoms with Gasteiger partial charge in [-0.2, -0.15) is 0 Å². The summed E-state index contributed by atoms with van der Waals surface area (Å²) in [5.74, 6) is 0. The molecular weight excluding hydrogens is 180 g/mol. The first-order valence-corrected chi connectivity index (χ1v) is 3.83. The topological polar surface area (TPSA) is 75.6 Å². The molecule has 0 saturated heterocycles. The number of amides is 2. The van der Waals surface area contributed by atoms with E-state index in [1.807, 2.05) is 0 Å². The fourth-order valence-electron chi connectivity index (χ4n) is 0.724. The molecule has 0 aliphatic rings. The number of nitrogens with two attached hydrogens (primary N) is 2. The number of nitrogens with zero attached hydrogens (tertiary/aromatic N) is 2. The van der Waals surface area contributed by atoms with Crippen LogP contribution in [0.2, 0.25) is 0 Å². The van der Waals surface area contributed by atoms with Crippen LogP contribution < -0.4 is 11.5 Å². The fraction of sp³-hybridized carbons (Fsp3) is 0. The molecule has 0 aromatic rings. The standard InChI is InChI=1S/C9H14N4O/c1-3-12(7-5-10)9(14)13(4-2)8-6-11/h3-8H,1-2,10-11H2/b7-5-,8-6-. The molecule has 0 fully saturated rings. The van der Waals surface area contributed by atoms with Crippen molar-refractivity contribution in [1.29, 1.82) is 0 Å². The van der Waals surface area contributed by atoms with Crippen molar-refractivity contribution in [3.8, 4) is 0 Å². The summed E-state index contributed by atoms with van der Waals surface area (Å²) in [6.45, 7) is 6.92. The Balaban J connectivity index is 4.69. The molecule has 0 aromatic carbocycles. The van der Waals surface area contributed by atoms with E-state index in [0.29, 0.717) is 0 Å². The van der Waals surface area contributed by atoms with Gasteiger partial charge >= 0.3 is 6.03 Å². The van der Waals surface area contributed by atoms with Gasteiger partial charge in [-0.3, -0.25) is 9.80 Å². The Bertz CT molecular complexity index is 244. The van der Waals surface area contributed by atoms with E-state index in [0.717, 1.165) is 0 Å². The lowest BCUT2D eigenvalue weighted by Crippen LogP contribution is -2.30. The zero-order chi connectivity index (χ0) is 11.0. The van der Waals surface area contributed by atoms with Crippen LogP contribution in [0.3, 0.4) is 0 Å². The van der Waals surface area contributed by atoms with Crippen LogP contribution in [0.4, 0.5) is 4.79 Å². The number of urea groups is 1. The number of hydrogen-bond acceptors (Lipinski definition) is 3. The second-order valence-corrected chi connectivity index (χ2v) is 2.15. The van der Waals surface area contributed by atoms with Gasteiger partial charge in [0.1, 0.15) is 0 Å². The largest absolute Gasteiger partial charge is 0.403 e. The zero-order valence-corrected chi connectivity index (χ0v) is 7.84. The molecule has 0 unspecified atom stereocenters. The molecule has 5 nitrogen and oxygen atoms in total. The van der Waals surface area contributed by atoms with Gasteiger partial charge in [-0.25, -0.2) is 4.79 Å². The van der Waals surface area contributed by atoms with E-state index in [4.69, 9.17) is 11.5 Å². The van der Waals surface area contributed by atoms with E-state index in [9.17, 15) is 4.79 Å². The van der Waals surface area contributed by atoms with Crippen LogP contribution in [-0.2, 0) is 0 Å². The highest BCUT2D eigenvalue weighted by atomic mass is 16.2. The molecule has 0 aromatic heterocycles. The smallest absolute Gasteiger partial charge is 0.336 e. The van der Waals surface area contributed by atoms with E-state index in [1.165, 1.54) is 47.0 Å². The van der Waals surface area contributed by atoms with Gasteiger partial charge in [0.15, 0.2) is 0 Å². The molecular formula is C9H14N4O. The van der Waals surface area contributed by atoms with Crippen molar-refractivity contribution < 1.29 is 4.79 Å². The minimum absolute atomic E-state index is 0.376. The van der Waals surface area contributed by atoms with E-state index in [1.54, 1.807) is 0 Å². The maximum Gasteiger partial charge on any atom is 0.336 e. The normalized spacial score (nSPS) is 10.3. The maximum atomic E-state index is 11.6. The second kappa shape index (κ2) is 6.36. The van der Waals surface area contributed by atoms with Gasteiger partial charge in [0.2, 0.25) is 0 Å². The van der Waals surface area contributed by atoms with Crippen molar-refractivity contribution in [1.82, 2.24) is 9.80 Å². The van der Waals surface area contributed by atoms with Crippen molar-refractivity contribution in [2.75, 3.05) is 0 Å². The van der Waals surface area contributed by atoms with Gasteiger partial charge in [-0.05, 0) is 0 Å². The van der Waals surface area contributed by atoms with Crippen molar-refractivity contribution in [2.45, 2.75) is 0 Å². The maximum absolute atomic E-state index is 11.6. The quantitative estimate of drug-likeness (QED) is 0.696. The summed E-state index contributed by atoms with van der Waals surface area (Å²) in [6.07, 6.45) is 7.85. The zero-order valence-electron chi connectivity index (χ0n) is 7.84. The number of hydrogen-bond donors (Lipinski definition) is 2. The molecule has 0 radical (unpaired) electrons. The summed E-state index contributed by atoms with van der Waals surface area (Å²) in [7, 11) is 0. The van der Waals surface area contributed by atoms with Gasteiger partial charge in [-0.15, -0.1) is 0 Å². The average Bonchev–Trinajstić information content (AvgIpc) is 2.21. The summed E-state index contributed by atoms with van der Waals surface area (Å²) in [6, 6.07) is -0.376. The van der Waals surface area contributed by atoms with Crippen LogP contribution in [0.1, 0.15) is 0 Å². The average molecular weight is 194 g/mol. The molecule has 2 amide bonds. The first-order chi connectivity index (χ1) is 6.71. The Morgan fingerprint density at radius 1 is 1.00 bits per heavy atom. The number of carbonyl (C=O) groups excluding carboxylic acids is 1. The molecule has 0 rings (SSSR count). The predicted molar refractivity (Wildman–Crippen MR) is 56.1 cm³/mol. The molecule has 0 spiro atoms. The monoisotopic (exact) mass is 194 g/mol. The number of rotatable bonds is 4. The Labute approximate surface area is 83.3 Å². The van der Waals surface area contributed by atoms with Crippen LogP contribution in [0.25, 0.3) is 0 Å². The third-order valence-corrected chi connectivity index (χ3v) is 1.33. The van der Waals surface area contributed by atoms with E-state index in [2.05, 4.69) is 13.2 Å². The molecule has 0 aliphatic carbocycles. The minimum Gasteiger partial charge on any atom is -0.403 e. The van der Waals surface area contributed by atoms with Gasteiger partial charge < -0.3 is 11.5 Å². The lowest BCUT2D eigenvalue weighted by Gasteiger charge is -2.19. The molecule has 5 heteroatoms. The Morgan fingerprint density at radius 2 is 1.36 bits per heavy atom. The lowest BCUT2D eigenvalue weighted by molar-refractivity contribution is 0.210. The molecule has 0 heterocycles. The van der Waals surface area contributed by atoms with Crippen molar-refractivity contribution in [3.63, 3.8) is 0 Å².